The minimum atomic E-state index is -0.604. The van der Waals surface area contributed by atoms with Gasteiger partial charge in [0.1, 0.15) is 5.75 Å². The van der Waals surface area contributed by atoms with Crippen LogP contribution in [0.15, 0.2) is 22.5 Å². The van der Waals surface area contributed by atoms with Gasteiger partial charge in [-0.15, -0.1) is 10.2 Å². The Morgan fingerprint density at radius 1 is 1.41 bits per heavy atom. The highest BCUT2D eigenvalue weighted by Crippen LogP contribution is 2.25. The zero-order valence-electron chi connectivity index (χ0n) is 13.0. The van der Waals surface area contributed by atoms with E-state index in [1.807, 2.05) is 39.0 Å². The number of hydrogen-bond donors (Lipinski definition) is 1. The van der Waals surface area contributed by atoms with Crippen molar-refractivity contribution in [1.82, 2.24) is 10.2 Å². The molecule has 1 aromatic heterocycles. The van der Waals surface area contributed by atoms with Gasteiger partial charge in [0.05, 0.1) is 0 Å². The normalized spacial score (nSPS) is 12.0. The summed E-state index contributed by atoms with van der Waals surface area (Å²) in [7, 11) is 0. The number of ether oxygens (including phenoxy) is 1. The Morgan fingerprint density at radius 3 is 2.86 bits per heavy atom. The highest BCUT2D eigenvalue weighted by atomic mass is 32.2. The van der Waals surface area contributed by atoms with Crippen LogP contribution in [0.4, 0.5) is 5.13 Å². The Labute approximate surface area is 138 Å². The minimum Gasteiger partial charge on any atom is -0.481 e. The number of benzene rings is 1. The summed E-state index contributed by atoms with van der Waals surface area (Å²) in [5.74, 6) is 1.41. The lowest BCUT2D eigenvalue weighted by atomic mass is 10.1. The lowest BCUT2D eigenvalue weighted by Gasteiger charge is -2.15. The molecule has 0 spiro atoms. The van der Waals surface area contributed by atoms with Crippen molar-refractivity contribution in [1.29, 1.82) is 0 Å². The topological polar surface area (TPSA) is 64.1 Å². The van der Waals surface area contributed by atoms with Crippen molar-refractivity contribution in [2.24, 2.45) is 0 Å². The van der Waals surface area contributed by atoms with E-state index in [2.05, 4.69) is 15.5 Å². The second-order valence-electron chi connectivity index (χ2n) is 4.82. The van der Waals surface area contributed by atoms with Gasteiger partial charge in [0.2, 0.25) is 5.13 Å². The van der Waals surface area contributed by atoms with Crippen molar-refractivity contribution >= 4 is 34.1 Å². The molecule has 2 aromatic rings. The quantitative estimate of drug-likeness (QED) is 0.643. The molecule has 0 radical (unpaired) electrons. The van der Waals surface area contributed by atoms with Crippen molar-refractivity contribution < 1.29 is 9.53 Å². The largest absolute Gasteiger partial charge is 0.481 e. The molecule has 2 rings (SSSR count). The molecular formula is C15H19N3O2S2. The van der Waals surface area contributed by atoms with Gasteiger partial charge < -0.3 is 4.74 Å². The van der Waals surface area contributed by atoms with Crippen LogP contribution in [0.2, 0.25) is 0 Å². The lowest BCUT2D eigenvalue weighted by Crippen LogP contribution is -2.30. The fraction of sp³-hybridized carbons (Fsp3) is 0.400. The highest BCUT2D eigenvalue weighted by molar-refractivity contribution is 8.01. The fourth-order valence-electron chi connectivity index (χ4n) is 1.82. The predicted molar refractivity (Wildman–Crippen MR) is 90.9 cm³/mol. The van der Waals surface area contributed by atoms with Crippen molar-refractivity contribution in [2.45, 2.75) is 38.1 Å². The number of anilines is 1. The van der Waals surface area contributed by atoms with E-state index < -0.39 is 6.10 Å². The monoisotopic (exact) mass is 337 g/mol. The molecule has 0 fully saturated rings. The van der Waals surface area contributed by atoms with Gasteiger partial charge in [0.15, 0.2) is 10.4 Å². The van der Waals surface area contributed by atoms with Crippen LogP contribution in [0.1, 0.15) is 25.0 Å². The molecule has 1 heterocycles. The summed E-state index contributed by atoms with van der Waals surface area (Å²) < 4.78 is 6.58. The van der Waals surface area contributed by atoms with Crippen LogP contribution >= 0.6 is 23.1 Å². The maximum absolute atomic E-state index is 12.2. The molecule has 1 atom stereocenters. The van der Waals surface area contributed by atoms with Gasteiger partial charge in [0, 0.05) is 0 Å². The molecule has 5 nitrogen and oxygen atoms in total. The molecule has 0 saturated heterocycles. The third-order valence-corrected chi connectivity index (χ3v) is 4.76. The molecule has 0 aliphatic rings. The predicted octanol–water partition coefficient (Wildman–Crippen LogP) is 3.67. The van der Waals surface area contributed by atoms with E-state index >= 15 is 0 Å². The SMILES string of the molecule is CCSc1nnc(NC(=O)[C@@H](C)Oc2ccc(C)cc2C)s1. The number of nitrogens with one attached hydrogen (secondary N) is 1. The van der Waals surface area contributed by atoms with Gasteiger partial charge in [-0.2, -0.15) is 0 Å². The molecular weight excluding hydrogens is 318 g/mol. The third kappa shape index (κ3) is 4.45. The average Bonchev–Trinajstić information content (AvgIpc) is 2.89. The second kappa shape index (κ2) is 7.60. The van der Waals surface area contributed by atoms with E-state index in [1.54, 1.807) is 18.7 Å². The zero-order valence-corrected chi connectivity index (χ0v) is 14.7. The Hall–Kier alpha value is -1.60. The van der Waals surface area contributed by atoms with E-state index in [-0.39, 0.29) is 5.91 Å². The van der Waals surface area contributed by atoms with Crippen molar-refractivity contribution in [3.05, 3.63) is 29.3 Å². The van der Waals surface area contributed by atoms with Crippen molar-refractivity contribution in [2.75, 3.05) is 11.1 Å². The molecule has 7 heteroatoms. The number of aryl methyl sites for hydroxylation is 2. The number of nitrogens with zero attached hydrogens (tertiary/aromatic N) is 2. The summed E-state index contributed by atoms with van der Waals surface area (Å²) >= 11 is 2.97. The summed E-state index contributed by atoms with van der Waals surface area (Å²) in [6.07, 6.45) is -0.604. The molecule has 0 saturated carbocycles. The Kier molecular flexibility index (Phi) is 5.79. The molecule has 1 amide bonds. The minimum absolute atomic E-state index is 0.232. The number of hydrogen-bond acceptors (Lipinski definition) is 6. The number of amides is 1. The van der Waals surface area contributed by atoms with E-state index in [1.165, 1.54) is 11.3 Å². The van der Waals surface area contributed by atoms with Crippen LogP contribution < -0.4 is 10.1 Å². The molecule has 1 N–H and O–H groups in total. The molecule has 0 aliphatic carbocycles. The smallest absolute Gasteiger partial charge is 0.266 e. The first-order chi connectivity index (χ1) is 10.5. The van der Waals surface area contributed by atoms with Crippen LogP contribution in [0.25, 0.3) is 0 Å². The van der Waals surface area contributed by atoms with Gasteiger partial charge in [0.25, 0.3) is 5.91 Å². The first-order valence-corrected chi connectivity index (χ1v) is 8.81. The van der Waals surface area contributed by atoms with Gasteiger partial charge in [-0.3, -0.25) is 10.1 Å². The zero-order chi connectivity index (χ0) is 16.1. The van der Waals surface area contributed by atoms with Crippen molar-refractivity contribution in [3.63, 3.8) is 0 Å². The number of thioether (sulfide) groups is 1. The molecule has 118 valence electrons. The Morgan fingerprint density at radius 2 is 2.18 bits per heavy atom. The molecule has 0 bridgehead atoms. The number of aromatic nitrogens is 2. The van der Waals surface area contributed by atoms with Crippen LogP contribution in [0.5, 0.6) is 5.75 Å². The van der Waals surface area contributed by atoms with Crippen LogP contribution in [-0.2, 0) is 4.79 Å². The fourth-order valence-corrected chi connectivity index (χ4v) is 3.48. The maximum Gasteiger partial charge on any atom is 0.266 e. The summed E-state index contributed by atoms with van der Waals surface area (Å²) in [5, 5.41) is 11.2. The standard InChI is InChI=1S/C15H19N3O2S2/c1-5-21-15-18-17-14(22-15)16-13(19)11(4)20-12-7-6-9(2)8-10(12)3/h6-8,11H,5H2,1-4H3,(H,16,17,19)/t11-/m1/s1. The highest BCUT2D eigenvalue weighted by Gasteiger charge is 2.17. The number of carbonyl (C=O) groups is 1. The first kappa shape index (κ1) is 16.8. The Balaban J connectivity index is 1.96. The lowest BCUT2D eigenvalue weighted by molar-refractivity contribution is -0.122. The number of rotatable bonds is 6. The maximum atomic E-state index is 12.2. The van der Waals surface area contributed by atoms with Gasteiger partial charge in [-0.1, -0.05) is 47.7 Å². The number of carbonyl (C=O) groups excluding carboxylic acids is 1. The molecule has 0 aliphatic heterocycles. The van der Waals surface area contributed by atoms with E-state index in [4.69, 9.17) is 4.74 Å². The summed E-state index contributed by atoms with van der Waals surface area (Å²) in [4.78, 5) is 12.2. The van der Waals surface area contributed by atoms with E-state index in [9.17, 15) is 4.79 Å². The Bertz CT molecular complexity index is 658. The first-order valence-electron chi connectivity index (χ1n) is 7.00. The van der Waals surface area contributed by atoms with E-state index in [0.717, 1.165) is 21.2 Å². The van der Waals surface area contributed by atoms with Crippen LogP contribution in [-0.4, -0.2) is 28.0 Å². The van der Waals surface area contributed by atoms with Crippen LogP contribution in [0, 0.1) is 13.8 Å². The van der Waals surface area contributed by atoms with Gasteiger partial charge in [-0.05, 0) is 38.2 Å². The van der Waals surface area contributed by atoms with Crippen LogP contribution in [0.3, 0.4) is 0 Å². The third-order valence-electron chi connectivity index (χ3n) is 2.91. The van der Waals surface area contributed by atoms with Gasteiger partial charge >= 0.3 is 0 Å². The molecule has 22 heavy (non-hydrogen) atoms. The van der Waals surface area contributed by atoms with Crippen molar-refractivity contribution in [3.8, 4) is 5.75 Å². The second-order valence-corrected chi connectivity index (χ2v) is 7.31. The molecule has 1 aromatic carbocycles. The molecule has 0 unspecified atom stereocenters. The van der Waals surface area contributed by atoms with E-state index in [0.29, 0.717) is 10.9 Å². The summed E-state index contributed by atoms with van der Waals surface area (Å²) in [6, 6.07) is 5.88. The average molecular weight is 337 g/mol. The summed E-state index contributed by atoms with van der Waals surface area (Å²) in [5.41, 5.74) is 2.17. The van der Waals surface area contributed by atoms with Gasteiger partial charge in [-0.25, -0.2) is 0 Å². The summed E-state index contributed by atoms with van der Waals surface area (Å²) in [6.45, 7) is 7.75.